The number of carbonyl (C=O) groups excluding carboxylic acids is 2. The Balaban J connectivity index is 2.30. The summed E-state index contributed by atoms with van der Waals surface area (Å²) in [5.74, 6) is -0.482. The predicted octanol–water partition coefficient (Wildman–Crippen LogP) is 3.39. The van der Waals surface area contributed by atoms with Crippen LogP contribution >= 0.6 is 0 Å². The van der Waals surface area contributed by atoms with Crippen molar-refractivity contribution >= 4 is 17.3 Å². The Morgan fingerprint density at radius 2 is 1.88 bits per heavy atom. The van der Waals surface area contributed by atoms with Gasteiger partial charge in [0.15, 0.2) is 17.6 Å². The highest BCUT2D eigenvalue weighted by Gasteiger charge is 2.26. The number of ketones is 2. The van der Waals surface area contributed by atoms with Crippen molar-refractivity contribution in [2.24, 2.45) is 0 Å². The van der Waals surface area contributed by atoms with E-state index in [0.29, 0.717) is 16.8 Å². The van der Waals surface area contributed by atoms with Crippen LogP contribution in [0.4, 0.5) is 5.69 Å². The number of nitro benzene ring substituents is 1. The number of para-hydroxylation sites is 2. The molecule has 0 saturated heterocycles. The number of nitrogens with one attached hydrogen (secondary N) is 1. The minimum Gasteiger partial charge on any atom is -0.475 e. The van der Waals surface area contributed by atoms with Gasteiger partial charge in [-0.2, -0.15) is 0 Å². The number of hydrogen-bond donors (Lipinski definition) is 1. The van der Waals surface area contributed by atoms with E-state index >= 15 is 0 Å². The third-order valence-corrected chi connectivity index (χ3v) is 3.77. The van der Waals surface area contributed by atoms with Crippen LogP contribution in [0.3, 0.4) is 0 Å². The maximum absolute atomic E-state index is 12.6. The van der Waals surface area contributed by atoms with Crippen LogP contribution < -0.4 is 4.74 Å². The van der Waals surface area contributed by atoms with E-state index in [0.717, 1.165) is 0 Å². The van der Waals surface area contributed by atoms with Crippen LogP contribution in [0.5, 0.6) is 5.75 Å². The minimum absolute atomic E-state index is 0.0241. The Bertz CT molecular complexity index is 822. The van der Waals surface area contributed by atoms with Gasteiger partial charge in [0.05, 0.1) is 10.6 Å². The zero-order valence-corrected chi connectivity index (χ0v) is 13.9. The minimum atomic E-state index is -0.942. The van der Waals surface area contributed by atoms with Crippen molar-refractivity contribution in [1.29, 1.82) is 0 Å². The van der Waals surface area contributed by atoms with Gasteiger partial charge in [-0.05, 0) is 39.3 Å². The normalized spacial score (nSPS) is 11.8. The van der Waals surface area contributed by atoms with Crippen LogP contribution in [0.25, 0.3) is 0 Å². The maximum Gasteiger partial charge on any atom is 0.310 e. The summed E-state index contributed by atoms with van der Waals surface area (Å²) in [4.78, 5) is 37.6. The van der Waals surface area contributed by atoms with Crippen LogP contribution in [0.1, 0.15) is 46.0 Å². The van der Waals surface area contributed by atoms with Crippen LogP contribution in [-0.2, 0) is 0 Å². The highest BCUT2D eigenvalue weighted by molar-refractivity contribution is 6.04. The van der Waals surface area contributed by atoms with Crippen molar-refractivity contribution in [3.05, 3.63) is 56.9 Å². The molecule has 0 bridgehead atoms. The molecule has 1 atom stereocenters. The fraction of sp³-hybridized carbons (Fsp3) is 0.294. The van der Waals surface area contributed by atoms with Gasteiger partial charge in [-0.1, -0.05) is 12.1 Å². The second-order valence-electron chi connectivity index (χ2n) is 5.53. The molecule has 0 unspecified atom stereocenters. The Kier molecular flexibility index (Phi) is 4.82. The lowest BCUT2D eigenvalue weighted by atomic mass is 10.0. The number of H-pyrrole nitrogens is 1. The number of Topliss-reactive ketones (excluding diaryl/α,β-unsaturated/α-hetero) is 2. The van der Waals surface area contributed by atoms with E-state index in [1.54, 1.807) is 19.9 Å². The van der Waals surface area contributed by atoms with Gasteiger partial charge >= 0.3 is 5.69 Å². The zero-order valence-electron chi connectivity index (χ0n) is 13.9. The van der Waals surface area contributed by atoms with Gasteiger partial charge in [0.2, 0.25) is 5.78 Å². The Labute approximate surface area is 138 Å². The summed E-state index contributed by atoms with van der Waals surface area (Å²) < 4.78 is 5.49. The molecule has 0 amide bonds. The highest BCUT2D eigenvalue weighted by Crippen LogP contribution is 2.28. The van der Waals surface area contributed by atoms with Gasteiger partial charge in [0, 0.05) is 17.3 Å². The van der Waals surface area contributed by atoms with E-state index in [9.17, 15) is 19.7 Å². The van der Waals surface area contributed by atoms with Crippen molar-refractivity contribution in [3.63, 3.8) is 0 Å². The number of hydrogen-bond acceptors (Lipinski definition) is 5. The summed E-state index contributed by atoms with van der Waals surface area (Å²) in [6.45, 7) is 6.35. The standard InChI is InChI=1S/C17H18N2O5/c1-9-15(11(3)20)10(2)18-16(9)17(21)12(4)24-14-8-6-5-7-13(14)19(22)23/h5-8,12,18H,1-4H3/t12-/m0/s1. The lowest BCUT2D eigenvalue weighted by Crippen LogP contribution is -2.25. The first kappa shape index (κ1) is 17.4. The van der Waals surface area contributed by atoms with E-state index in [4.69, 9.17) is 4.74 Å². The zero-order chi connectivity index (χ0) is 18.0. The number of aromatic amines is 1. The number of aromatic nitrogens is 1. The van der Waals surface area contributed by atoms with Crippen molar-refractivity contribution in [2.45, 2.75) is 33.8 Å². The van der Waals surface area contributed by atoms with Gasteiger partial charge in [-0.25, -0.2) is 0 Å². The van der Waals surface area contributed by atoms with Gasteiger partial charge in [0.1, 0.15) is 0 Å². The lowest BCUT2D eigenvalue weighted by Gasteiger charge is -2.13. The first-order valence-electron chi connectivity index (χ1n) is 7.38. The van der Waals surface area contributed by atoms with Gasteiger partial charge in [-0.3, -0.25) is 19.7 Å². The average molecular weight is 330 g/mol. The first-order valence-corrected chi connectivity index (χ1v) is 7.38. The molecule has 126 valence electrons. The molecule has 0 aliphatic carbocycles. The largest absolute Gasteiger partial charge is 0.475 e. The monoisotopic (exact) mass is 330 g/mol. The number of nitrogens with zero attached hydrogens (tertiary/aromatic N) is 1. The SMILES string of the molecule is CC(=O)c1c(C)[nH]c(C(=O)[C@H](C)Oc2ccccc2[N+](=O)[O-])c1C. The number of nitro groups is 1. The molecule has 0 saturated carbocycles. The molecule has 7 nitrogen and oxygen atoms in total. The molecule has 1 aromatic carbocycles. The molecule has 0 aliphatic rings. The second-order valence-corrected chi connectivity index (χ2v) is 5.53. The Morgan fingerprint density at radius 3 is 2.42 bits per heavy atom. The van der Waals surface area contributed by atoms with E-state index in [1.807, 2.05) is 0 Å². The first-order chi connectivity index (χ1) is 11.2. The van der Waals surface area contributed by atoms with Crippen molar-refractivity contribution < 1.29 is 19.2 Å². The Morgan fingerprint density at radius 1 is 1.25 bits per heavy atom. The lowest BCUT2D eigenvalue weighted by molar-refractivity contribution is -0.386. The molecule has 0 radical (unpaired) electrons. The maximum atomic E-state index is 12.6. The number of ether oxygens (including phenoxy) is 1. The summed E-state index contributed by atoms with van der Waals surface area (Å²) >= 11 is 0. The molecule has 24 heavy (non-hydrogen) atoms. The topological polar surface area (TPSA) is 102 Å². The van der Waals surface area contributed by atoms with E-state index < -0.39 is 11.0 Å². The second kappa shape index (κ2) is 6.66. The van der Waals surface area contributed by atoms with E-state index in [-0.39, 0.29) is 28.7 Å². The number of benzene rings is 1. The van der Waals surface area contributed by atoms with Gasteiger partial charge in [0.25, 0.3) is 0 Å². The van der Waals surface area contributed by atoms with Crippen molar-refractivity contribution in [1.82, 2.24) is 4.98 Å². The molecule has 2 aromatic rings. The molecule has 0 spiro atoms. The fourth-order valence-corrected chi connectivity index (χ4v) is 2.68. The average Bonchev–Trinajstić information content (AvgIpc) is 2.81. The smallest absolute Gasteiger partial charge is 0.310 e. The van der Waals surface area contributed by atoms with Crippen molar-refractivity contribution in [3.8, 4) is 5.75 Å². The molecule has 1 N–H and O–H groups in total. The third kappa shape index (κ3) is 3.19. The van der Waals surface area contributed by atoms with Crippen molar-refractivity contribution in [2.75, 3.05) is 0 Å². The predicted molar refractivity (Wildman–Crippen MR) is 87.8 cm³/mol. The summed E-state index contributed by atoms with van der Waals surface area (Å²) in [7, 11) is 0. The molecule has 1 aromatic heterocycles. The van der Waals surface area contributed by atoms with Crippen LogP contribution in [0.2, 0.25) is 0 Å². The fourth-order valence-electron chi connectivity index (χ4n) is 2.68. The van der Waals surface area contributed by atoms with Crippen LogP contribution in [-0.4, -0.2) is 27.6 Å². The Hall–Kier alpha value is -2.96. The summed E-state index contributed by atoms with van der Waals surface area (Å²) in [5, 5.41) is 11.0. The summed E-state index contributed by atoms with van der Waals surface area (Å²) in [5.41, 5.74) is 1.73. The summed E-state index contributed by atoms with van der Waals surface area (Å²) in [6.07, 6.45) is -0.942. The summed E-state index contributed by atoms with van der Waals surface area (Å²) in [6, 6.07) is 5.87. The number of carbonyl (C=O) groups is 2. The number of rotatable bonds is 6. The van der Waals surface area contributed by atoms with Gasteiger partial charge in [-0.15, -0.1) is 0 Å². The van der Waals surface area contributed by atoms with Gasteiger partial charge < -0.3 is 9.72 Å². The quantitative estimate of drug-likeness (QED) is 0.497. The highest BCUT2D eigenvalue weighted by atomic mass is 16.6. The molecular formula is C17H18N2O5. The molecule has 0 aliphatic heterocycles. The number of aryl methyl sites for hydroxylation is 1. The molecule has 1 heterocycles. The van der Waals surface area contributed by atoms with E-state index in [2.05, 4.69) is 4.98 Å². The third-order valence-electron chi connectivity index (χ3n) is 3.77. The molecule has 2 rings (SSSR count). The van der Waals surface area contributed by atoms with Crippen LogP contribution in [0, 0.1) is 24.0 Å². The molecule has 0 fully saturated rings. The van der Waals surface area contributed by atoms with Crippen LogP contribution in [0.15, 0.2) is 24.3 Å². The molecular weight excluding hydrogens is 312 g/mol. The van der Waals surface area contributed by atoms with E-state index in [1.165, 1.54) is 32.0 Å². The molecule has 7 heteroatoms.